The van der Waals surface area contributed by atoms with Crippen molar-refractivity contribution < 1.29 is 9.53 Å². The highest BCUT2D eigenvalue weighted by Gasteiger charge is 2.51. The van der Waals surface area contributed by atoms with E-state index in [4.69, 9.17) is 4.74 Å². The molecule has 5 fully saturated rings. The summed E-state index contributed by atoms with van der Waals surface area (Å²) in [5, 5.41) is 3.53. The van der Waals surface area contributed by atoms with Crippen molar-refractivity contribution in [2.45, 2.75) is 83.1 Å². The van der Waals surface area contributed by atoms with Crippen molar-refractivity contribution in [1.29, 1.82) is 0 Å². The van der Waals surface area contributed by atoms with E-state index in [1.54, 1.807) is 0 Å². The molecule has 0 spiro atoms. The smallest absolute Gasteiger partial charge is 0.237 e. The Labute approximate surface area is 140 Å². The minimum absolute atomic E-state index is 0.0446. The molecule has 4 nitrogen and oxygen atoms in total. The summed E-state index contributed by atoms with van der Waals surface area (Å²) in [4.78, 5) is 15.2. The number of hydrogen-bond acceptors (Lipinski definition) is 3. The lowest BCUT2D eigenvalue weighted by atomic mass is 9.53. The summed E-state index contributed by atoms with van der Waals surface area (Å²) in [5.41, 5.74) is 0.129. The van der Waals surface area contributed by atoms with Gasteiger partial charge in [-0.05, 0) is 77.0 Å². The molecular formula is C19H32N2O2. The second-order valence-corrected chi connectivity index (χ2v) is 9.07. The van der Waals surface area contributed by atoms with Crippen LogP contribution >= 0.6 is 0 Å². The van der Waals surface area contributed by atoms with Gasteiger partial charge in [-0.2, -0.15) is 0 Å². The molecule has 1 saturated heterocycles. The quantitative estimate of drug-likeness (QED) is 0.869. The fourth-order valence-corrected chi connectivity index (χ4v) is 6.33. The molecule has 23 heavy (non-hydrogen) atoms. The van der Waals surface area contributed by atoms with Crippen LogP contribution in [0.25, 0.3) is 0 Å². The van der Waals surface area contributed by atoms with Crippen LogP contribution in [-0.4, -0.2) is 47.7 Å². The van der Waals surface area contributed by atoms with Crippen LogP contribution in [0, 0.1) is 17.8 Å². The molecule has 1 N–H and O–H groups in total. The van der Waals surface area contributed by atoms with E-state index in [0.29, 0.717) is 0 Å². The first-order chi connectivity index (χ1) is 10.9. The third-order valence-corrected chi connectivity index (χ3v) is 6.80. The highest BCUT2D eigenvalue weighted by Crippen LogP contribution is 2.55. The monoisotopic (exact) mass is 320 g/mol. The third kappa shape index (κ3) is 3.05. The van der Waals surface area contributed by atoms with Crippen LogP contribution in [0.5, 0.6) is 0 Å². The molecule has 4 heteroatoms. The largest absolute Gasteiger partial charge is 0.373 e. The molecule has 0 aromatic rings. The number of hydrogen-bond donors (Lipinski definition) is 1. The molecule has 0 unspecified atom stereocenters. The first-order valence-corrected chi connectivity index (χ1v) is 9.64. The number of rotatable bonds is 3. The highest BCUT2D eigenvalue weighted by atomic mass is 16.5. The van der Waals surface area contributed by atoms with Crippen LogP contribution in [0.4, 0.5) is 0 Å². The first-order valence-electron chi connectivity index (χ1n) is 9.64. The van der Waals surface area contributed by atoms with Gasteiger partial charge in [0.2, 0.25) is 5.91 Å². The average Bonchev–Trinajstić information content (AvgIpc) is 2.43. The van der Waals surface area contributed by atoms with Gasteiger partial charge in [0.1, 0.15) is 0 Å². The van der Waals surface area contributed by atoms with Gasteiger partial charge in [-0.1, -0.05) is 0 Å². The van der Waals surface area contributed by atoms with Gasteiger partial charge in [0.25, 0.3) is 0 Å². The van der Waals surface area contributed by atoms with E-state index in [0.717, 1.165) is 30.8 Å². The molecule has 0 aromatic heterocycles. The molecule has 0 radical (unpaired) electrons. The van der Waals surface area contributed by atoms with Gasteiger partial charge < -0.3 is 10.1 Å². The molecule has 4 saturated carbocycles. The van der Waals surface area contributed by atoms with E-state index in [9.17, 15) is 4.79 Å². The zero-order chi connectivity index (χ0) is 16.2. The maximum absolute atomic E-state index is 12.9. The molecule has 0 aromatic carbocycles. The zero-order valence-corrected chi connectivity index (χ0v) is 14.9. The number of amides is 1. The number of nitrogens with one attached hydrogen (secondary N) is 1. The van der Waals surface area contributed by atoms with E-state index in [2.05, 4.69) is 31.0 Å². The Balaban J connectivity index is 1.41. The van der Waals surface area contributed by atoms with Crippen LogP contribution in [0.3, 0.4) is 0 Å². The molecule has 4 bridgehead atoms. The summed E-state index contributed by atoms with van der Waals surface area (Å²) in [7, 11) is 0. The zero-order valence-electron chi connectivity index (χ0n) is 14.9. The van der Waals surface area contributed by atoms with E-state index < -0.39 is 0 Å². The molecule has 130 valence electrons. The second kappa shape index (κ2) is 5.73. The maximum Gasteiger partial charge on any atom is 0.237 e. The predicted molar refractivity (Wildman–Crippen MR) is 90.1 cm³/mol. The summed E-state index contributed by atoms with van der Waals surface area (Å²) in [6, 6.07) is -0.0446. The molecule has 4 aliphatic carbocycles. The van der Waals surface area contributed by atoms with Crippen molar-refractivity contribution >= 4 is 5.91 Å². The second-order valence-electron chi connectivity index (χ2n) is 9.07. The van der Waals surface area contributed by atoms with Crippen LogP contribution < -0.4 is 5.32 Å². The van der Waals surface area contributed by atoms with Gasteiger partial charge in [0, 0.05) is 18.6 Å². The van der Waals surface area contributed by atoms with Crippen molar-refractivity contribution in [2.24, 2.45) is 17.8 Å². The third-order valence-electron chi connectivity index (χ3n) is 6.80. The van der Waals surface area contributed by atoms with E-state index in [1.165, 1.54) is 38.5 Å². The maximum atomic E-state index is 12.9. The van der Waals surface area contributed by atoms with Crippen molar-refractivity contribution in [3.05, 3.63) is 0 Å². The van der Waals surface area contributed by atoms with E-state index in [-0.39, 0.29) is 29.7 Å². The lowest BCUT2D eigenvalue weighted by molar-refractivity contribution is -0.137. The number of carbonyl (C=O) groups is 1. The number of nitrogens with zero attached hydrogens (tertiary/aromatic N) is 1. The Morgan fingerprint density at radius 2 is 1.52 bits per heavy atom. The molecule has 5 rings (SSSR count). The van der Waals surface area contributed by atoms with Gasteiger partial charge in [-0.25, -0.2) is 0 Å². The Kier molecular flexibility index (Phi) is 3.96. The number of morpholine rings is 1. The van der Waals surface area contributed by atoms with Crippen LogP contribution in [0.1, 0.15) is 59.3 Å². The van der Waals surface area contributed by atoms with Crippen LogP contribution in [0.15, 0.2) is 0 Å². The minimum Gasteiger partial charge on any atom is -0.373 e. The molecule has 3 atom stereocenters. The molecule has 1 heterocycles. The summed E-state index contributed by atoms with van der Waals surface area (Å²) in [6.07, 6.45) is 8.38. The lowest BCUT2D eigenvalue weighted by Gasteiger charge is -2.57. The standard InChI is InChI=1S/C19H32N2O2/c1-12-10-21(11-13(2)23-12)14(3)18(22)20-19-7-15-4-16(8-19)6-17(5-15)9-19/h12-17H,4-11H2,1-3H3,(H,20,22)/t12-,13-,14-,15?,16?,17?,19?/m1/s1. The van der Waals surface area contributed by atoms with Gasteiger partial charge in [0.05, 0.1) is 18.2 Å². The SMILES string of the molecule is C[C@@H]1CN([C@H](C)C(=O)NC23CC4CC(CC(C4)C2)C3)C[C@@H](C)O1. The van der Waals surface area contributed by atoms with Crippen molar-refractivity contribution in [2.75, 3.05) is 13.1 Å². The lowest BCUT2D eigenvalue weighted by Crippen LogP contribution is -2.63. The first kappa shape index (κ1) is 15.9. The van der Waals surface area contributed by atoms with Gasteiger partial charge in [-0.15, -0.1) is 0 Å². The average molecular weight is 320 g/mol. The van der Waals surface area contributed by atoms with E-state index in [1.807, 2.05) is 0 Å². The molecular weight excluding hydrogens is 288 g/mol. The summed E-state index contributed by atoms with van der Waals surface area (Å²) >= 11 is 0. The summed E-state index contributed by atoms with van der Waals surface area (Å²) in [6.45, 7) is 8.00. The summed E-state index contributed by atoms with van der Waals surface area (Å²) < 4.78 is 5.81. The number of ether oxygens (including phenoxy) is 1. The molecule has 5 aliphatic rings. The Hall–Kier alpha value is -0.610. The molecule has 1 aliphatic heterocycles. The van der Waals surface area contributed by atoms with Crippen molar-refractivity contribution in [3.63, 3.8) is 0 Å². The predicted octanol–water partition coefficient (Wildman–Crippen LogP) is 2.57. The minimum atomic E-state index is -0.0446. The van der Waals surface area contributed by atoms with Crippen LogP contribution in [0.2, 0.25) is 0 Å². The van der Waals surface area contributed by atoms with E-state index >= 15 is 0 Å². The highest BCUT2D eigenvalue weighted by molar-refractivity contribution is 5.82. The number of carbonyl (C=O) groups excluding carboxylic acids is 1. The van der Waals surface area contributed by atoms with Crippen molar-refractivity contribution in [3.8, 4) is 0 Å². The summed E-state index contributed by atoms with van der Waals surface area (Å²) in [5.74, 6) is 2.87. The van der Waals surface area contributed by atoms with Crippen molar-refractivity contribution in [1.82, 2.24) is 10.2 Å². The fourth-order valence-electron chi connectivity index (χ4n) is 6.33. The topological polar surface area (TPSA) is 41.6 Å². The Morgan fingerprint density at radius 3 is 2.00 bits per heavy atom. The van der Waals surface area contributed by atoms with Gasteiger partial charge in [-0.3, -0.25) is 9.69 Å². The fraction of sp³-hybridized carbons (Fsp3) is 0.947. The van der Waals surface area contributed by atoms with Gasteiger partial charge in [0.15, 0.2) is 0 Å². The molecule has 1 amide bonds. The van der Waals surface area contributed by atoms with Gasteiger partial charge >= 0.3 is 0 Å². The Morgan fingerprint density at radius 1 is 1.04 bits per heavy atom. The normalized spacial score (nSPS) is 47.5. The Bertz CT molecular complexity index is 433. The van der Waals surface area contributed by atoms with Crippen LogP contribution in [-0.2, 0) is 9.53 Å².